The van der Waals surface area contributed by atoms with E-state index in [1.807, 2.05) is 72.8 Å². The lowest BCUT2D eigenvalue weighted by atomic mass is 10.2. The summed E-state index contributed by atoms with van der Waals surface area (Å²) in [5.74, 6) is -0.0826. The molecule has 164 valence electrons. The molecule has 2 amide bonds. The summed E-state index contributed by atoms with van der Waals surface area (Å²) in [5.41, 5.74) is 2.70. The Balaban J connectivity index is 1.40. The van der Waals surface area contributed by atoms with Gasteiger partial charge in [0.15, 0.2) is 0 Å². The maximum Gasteiger partial charge on any atom is 0.283 e. The van der Waals surface area contributed by atoms with Gasteiger partial charge in [0.05, 0.1) is 16.1 Å². The molecular formula is C27H17N3O3S. The van der Waals surface area contributed by atoms with Crippen molar-refractivity contribution in [3.05, 3.63) is 108 Å². The molecule has 6 rings (SSSR count). The van der Waals surface area contributed by atoms with Crippen molar-refractivity contribution in [3.8, 4) is 11.3 Å². The molecule has 0 atom stereocenters. The summed E-state index contributed by atoms with van der Waals surface area (Å²) in [6, 6.07) is 30.0. The predicted octanol–water partition coefficient (Wildman–Crippen LogP) is 5.93. The van der Waals surface area contributed by atoms with Crippen molar-refractivity contribution in [1.29, 1.82) is 0 Å². The van der Waals surface area contributed by atoms with Gasteiger partial charge in [-0.05, 0) is 30.3 Å². The van der Waals surface area contributed by atoms with Gasteiger partial charge >= 0.3 is 0 Å². The van der Waals surface area contributed by atoms with Gasteiger partial charge in [-0.3, -0.25) is 9.59 Å². The van der Waals surface area contributed by atoms with Gasteiger partial charge in [-0.15, -0.1) is 11.3 Å². The molecule has 0 aliphatic carbocycles. The summed E-state index contributed by atoms with van der Waals surface area (Å²) in [6.45, 7) is 0. The third-order valence-corrected chi connectivity index (χ3v) is 6.41. The van der Waals surface area contributed by atoms with Crippen LogP contribution in [0.1, 0.15) is 5.01 Å². The van der Waals surface area contributed by atoms with Gasteiger partial charge in [-0.2, -0.15) is 0 Å². The summed E-state index contributed by atoms with van der Waals surface area (Å²) in [4.78, 5) is 31.4. The van der Waals surface area contributed by atoms with Crippen molar-refractivity contribution in [2.75, 3.05) is 10.0 Å². The van der Waals surface area contributed by atoms with E-state index in [-0.39, 0.29) is 5.57 Å². The molecule has 34 heavy (non-hydrogen) atoms. The van der Waals surface area contributed by atoms with E-state index in [1.54, 1.807) is 30.3 Å². The molecule has 2 aromatic heterocycles. The van der Waals surface area contributed by atoms with E-state index in [0.29, 0.717) is 22.1 Å². The van der Waals surface area contributed by atoms with Gasteiger partial charge < -0.3 is 4.42 Å². The van der Waals surface area contributed by atoms with Crippen LogP contribution in [0.3, 0.4) is 0 Å². The lowest BCUT2D eigenvalue weighted by molar-refractivity contribution is -0.116. The smallest absolute Gasteiger partial charge is 0.283 e. The molecular weight excluding hydrogens is 446 g/mol. The summed E-state index contributed by atoms with van der Waals surface area (Å²) in [5, 5.41) is 3.33. The molecule has 0 N–H and O–H groups in total. The Hall–Kier alpha value is -4.49. The number of thiazole rings is 1. The van der Waals surface area contributed by atoms with Gasteiger partial charge in [-0.25, -0.2) is 15.0 Å². The molecule has 6 nitrogen and oxygen atoms in total. The zero-order valence-corrected chi connectivity index (χ0v) is 18.6. The molecule has 1 aliphatic heterocycles. The molecule has 1 fully saturated rings. The second kappa shape index (κ2) is 8.13. The Morgan fingerprint density at radius 3 is 1.79 bits per heavy atom. The number of furan rings is 1. The van der Waals surface area contributed by atoms with Crippen molar-refractivity contribution in [2.24, 2.45) is 0 Å². The number of hydrazine groups is 1. The fourth-order valence-electron chi connectivity index (χ4n) is 3.91. The van der Waals surface area contributed by atoms with Crippen LogP contribution in [0.5, 0.6) is 0 Å². The van der Waals surface area contributed by atoms with E-state index in [4.69, 9.17) is 4.42 Å². The Kier molecular flexibility index (Phi) is 4.82. The topological polar surface area (TPSA) is 66.7 Å². The molecule has 0 bridgehead atoms. The summed E-state index contributed by atoms with van der Waals surface area (Å²) in [7, 11) is 0. The summed E-state index contributed by atoms with van der Waals surface area (Å²) in [6.07, 6.45) is 1.55. The number of benzene rings is 3. The fourth-order valence-corrected chi connectivity index (χ4v) is 4.78. The van der Waals surface area contributed by atoms with Crippen LogP contribution in [-0.2, 0) is 9.59 Å². The molecule has 0 radical (unpaired) electrons. The van der Waals surface area contributed by atoms with Gasteiger partial charge in [0, 0.05) is 11.6 Å². The summed E-state index contributed by atoms with van der Waals surface area (Å²) < 4.78 is 6.76. The van der Waals surface area contributed by atoms with E-state index in [9.17, 15) is 9.59 Å². The van der Waals surface area contributed by atoms with Crippen LogP contribution in [-0.4, -0.2) is 16.8 Å². The van der Waals surface area contributed by atoms with E-state index < -0.39 is 11.8 Å². The van der Waals surface area contributed by atoms with Gasteiger partial charge in [0.2, 0.25) is 5.71 Å². The molecule has 1 aliphatic rings. The average molecular weight is 464 g/mol. The normalized spacial score (nSPS) is 13.8. The first-order valence-electron chi connectivity index (χ1n) is 10.7. The number of hydrogen-bond acceptors (Lipinski definition) is 5. The molecule has 0 saturated carbocycles. The van der Waals surface area contributed by atoms with Crippen LogP contribution < -0.4 is 10.0 Å². The maximum absolute atomic E-state index is 13.4. The fraction of sp³-hybridized carbons (Fsp3) is 0. The van der Waals surface area contributed by atoms with Gasteiger partial charge in [0.1, 0.15) is 16.3 Å². The number of rotatable bonds is 4. The van der Waals surface area contributed by atoms with Crippen LogP contribution in [0.4, 0.5) is 11.4 Å². The molecule has 1 saturated heterocycles. The number of nitrogens with zero attached hydrogens (tertiary/aromatic N) is 3. The SMILES string of the molecule is O=C1C(=Cc2nc3oc(-c4ccccc4)cc3s2)C(=O)N(c2ccccc2)N1c1ccccc1. The van der Waals surface area contributed by atoms with Gasteiger partial charge in [-0.1, -0.05) is 66.7 Å². The number of para-hydroxylation sites is 2. The van der Waals surface area contributed by atoms with Crippen LogP contribution in [0.15, 0.2) is 107 Å². The van der Waals surface area contributed by atoms with Crippen molar-refractivity contribution in [2.45, 2.75) is 0 Å². The Morgan fingerprint density at radius 2 is 1.26 bits per heavy atom. The first-order valence-corrected chi connectivity index (χ1v) is 11.5. The first-order chi connectivity index (χ1) is 16.7. The van der Waals surface area contributed by atoms with Crippen LogP contribution in [0.25, 0.3) is 27.8 Å². The van der Waals surface area contributed by atoms with E-state index in [1.165, 1.54) is 21.4 Å². The lowest BCUT2D eigenvalue weighted by Crippen LogP contribution is -2.41. The minimum Gasteiger partial charge on any atom is -0.437 e. The zero-order valence-electron chi connectivity index (χ0n) is 17.8. The minimum atomic E-state index is -0.406. The molecule has 0 spiro atoms. The van der Waals surface area contributed by atoms with Crippen molar-refractivity contribution < 1.29 is 14.0 Å². The van der Waals surface area contributed by atoms with Gasteiger partial charge in [0.25, 0.3) is 11.8 Å². The minimum absolute atomic E-state index is 0.0485. The zero-order chi connectivity index (χ0) is 23.1. The maximum atomic E-state index is 13.4. The molecule has 3 heterocycles. The van der Waals surface area contributed by atoms with Crippen LogP contribution >= 0.6 is 11.3 Å². The second-order valence-corrected chi connectivity index (χ2v) is 8.72. The van der Waals surface area contributed by atoms with Crippen LogP contribution in [0, 0.1) is 0 Å². The first kappa shape index (κ1) is 20.1. The highest BCUT2D eigenvalue weighted by Gasteiger charge is 2.43. The van der Waals surface area contributed by atoms with Crippen LogP contribution in [0.2, 0.25) is 0 Å². The quantitative estimate of drug-likeness (QED) is 0.245. The third-order valence-electron chi connectivity index (χ3n) is 5.48. The van der Waals surface area contributed by atoms with Crippen molar-refractivity contribution in [3.63, 3.8) is 0 Å². The lowest BCUT2D eigenvalue weighted by Gasteiger charge is -2.27. The number of carbonyl (C=O) groups excluding carboxylic acids is 2. The highest BCUT2D eigenvalue weighted by atomic mass is 32.1. The number of carbonyl (C=O) groups is 2. The molecule has 3 aromatic carbocycles. The number of fused-ring (bicyclic) bond motifs is 1. The standard InChI is InChI=1S/C27H17N3O3S/c31-26-21(16-24-28-25-23(34-24)17-22(33-25)18-10-4-1-5-11-18)27(32)30(20-14-8-3-9-15-20)29(26)19-12-6-2-7-13-19/h1-17H. The highest BCUT2D eigenvalue weighted by Crippen LogP contribution is 2.35. The number of hydrogen-bond donors (Lipinski definition) is 0. The molecule has 0 unspecified atom stereocenters. The Labute approximate surface area is 199 Å². The summed E-state index contributed by atoms with van der Waals surface area (Å²) >= 11 is 1.38. The van der Waals surface area contributed by atoms with E-state index in [2.05, 4.69) is 4.98 Å². The highest BCUT2D eigenvalue weighted by molar-refractivity contribution is 7.19. The van der Waals surface area contributed by atoms with Crippen molar-refractivity contribution in [1.82, 2.24) is 4.98 Å². The predicted molar refractivity (Wildman–Crippen MR) is 133 cm³/mol. The number of anilines is 2. The second-order valence-electron chi connectivity index (χ2n) is 7.66. The Morgan fingerprint density at radius 1 is 0.735 bits per heavy atom. The number of aromatic nitrogens is 1. The average Bonchev–Trinajstić information content (AvgIpc) is 3.52. The van der Waals surface area contributed by atoms with E-state index >= 15 is 0 Å². The number of amides is 2. The Bertz CT molecular complexity index is 1450. The van der Waals surface area contributed by atoms with E-state index in [0.717, 1.165) is 16.0 Å². The monoisotopic (exact) mass is 463 g/mol. The molecule has 5 aromatic rings. The largest absolute Gasteiger partial charge is 0.437 e. The molecule has 7 heteroatoms. The third kappa shape index (κ3) is 3.39. The van der Waals surface area contributed by atoms with Crippen molar-refractivity contribution >= 4 is 51.0 Å².